The van der Waals surface area contributed by atoms with Crippen molar-refractivity contribution >= 4 is 34.0 Å². The average molecular weight is 352 g/mol. The molecule has 134 valence electrons. The van der Waals surface area contributed by atoms with Gasteiger partial charge in [0.05, 0.1) is 12.7 Å². The maximum absolute atomic E-state index is 4.41. The minimum absolute atomic E-state index is 0.749. The van der Waals surface area contributed by atoms with Gasteiger partial charge in [0.2, 0.25) is 0 Å². The molecule has 4 aromatic rings. The van der Waals surface area contributed by atoms with Crippen molar-refractivity contribution in [1.82, 2.24) is 39.0 Å². The lowest BCUT2D eigenvalue weighted by atomic mass is 10.3. The predicted octanol–water partition coefficient (Wildman–Crippen LogP) is 1.53. The number of unbranched alkanes of at least 4 members (excludes halogenated alkanes) is 1. The lowest BCUT2D eigenvalue weighted by molar-refractivity contribution is 0.562. The second-order valence-electron chi connectivity index (χ2n) is 5.87. The van der Waals surface area contributed by atoms with Crippen molar-refractivity contribution in [1.29, 1.82) is 0 Å². The van der Waals surface area contributed by atoms with E-state index in [0.717, 1.165) is 59.9 Å². The number of nitrogens with one attached hydrogen (secondary N) is 2. The average Bonchev–Trinajstić information content (AvgIpc) is 3.29. The molecule has 2 N–H and O–H groups in total. The van der Waals surface area contributed by atoms with Crippen molar-refractivity contribution in [3.63, 3.8) is 0 Å². The Bertz CT molecular complexity index is 950. The third kappa shape index (κ3) is 2.79. The fourth-order valence-corrected chi connectivity index (χ4v) is 3.02. The predicted molar refractivity (Wildman–Crippen MR) is 99.0 cm³/mol. The third-order valence-corrected chi connectivity index (χ3v) is 4.32. The molecule has 0 unspecified atom stereocenters. The highest BCUT2D eigenvalue weighted by Crippen LogP contribution is 2.18. The molecule has 0 atom stereocenters. The molecule has 0 bridgehead atoms. The van der Waals surface area contributed by atoms with Crippen molar-refractivity contribution < 1.29 is 0 Å². The molecule has 0 spiro atoms. The smallest absolute Gasteiger partial charge is 0.165 e. The van der Waals surface area contributed by atoms with E-state index in [2.05, 4.69) is 49.7 Å². The molecule has 4 heterocycles. The molecule has 26 heavy (non-hydrogen) atoms. The highest BCUT2D eigenvalue weighted by atomic mass is 15.2. The molecule has 4 rings (SSSR count). The molecule has 0 radical (unpaired) electrons. The first-order chi connectivity index (χ1) is 12.8. The van der Waals surface area contributed by atoms with Crippen LogP contribution in [0.25, 0.3) is 22.3 Å². The first-order valence-electron chi connectivity index (χ1n) is 8.49. The van der Waals surface area contributed by atoms with E-state index in [9.17, 15) is 0 Å². The standard InChI is InChI=1S/C16H20N10/c1-17-13-11-15(21-7-19-13)25(9-23-11)5-3-4-6-26-10-24-12-14(18-2)20-8-22-16(12)26/h7-10H,3-6H2,1-2H3,(H,17,19,21)(H,18,20,22). The van der Waals surface area contributed by atoms with Gasteiger partial charge in [0, 0.05) is 27.2 Å². The highest BCUT2D eigenvalue weighted by molar-refractivity contribution is 5.83. The van der Waals surface area contributed by atoms with Gasteiger partial charge in [-0.1, -0.05) is 0 Å². The summed E-state index contributed by atoms with van der Waals surface area (Å²) in [4.78, 5) is 25.9. The number of aromatic nitrogens is 8. The summed E-state index contributed by atoms with van der Waals surface area (Å²) < 4.78 is 4.12. The lowest BCUT2D eigenvalue weighted by Crippen LogP contribution is -2.03. The van der Waals surface area contributed by atoms with Crippen LogP contribution in [0.2, 0.25) is 0 Å². The Morgan fingerprint density at radius 2 is 1.15 bits per heavy atom. The molecule has 0 saturated carbocycles. The Kier molecular flexibility index (Phi) is 4.30. The number of nitrogens with zero attached hydrogens (tertiary/aromatic N) is 8. The summed E-state index contributed by atoms with van der Waals surface area (Å²) in [6.07, 6.45) is 8.74. The van der Waals surface area contributed by atoms with Crippen molar-refractivity contribution in [2.75, 3.05) is 24.7 Å². The monoisotopic (exact) mass is 352 g/mol. The van der Waals surface area contributed by atoms with Crippen LogP contribution in [0.3, 0.4) is 0 Å². The normalized spacial score (nSPS) is 11.3. The van der Waals surface area contributed by atoms with Gasteiger partial charge in [0.25, 0.3) is 0 Å². The number of rotatable bonds is 7. The number of hydrogen-bond donors (Lipinski definition) is 2. The minimum Gasteiger partial charge on any atom is -0.371 e. The van der Waals surface area contributed by atoms with Crippen LogP contribution in [0, 0.1) is 0 Å². The molecule has 0 aliphatic rings. The van der Waals surface area contributed by atoms with Crippen LogP contribution in [0.4, 0.5) is 11.6 Å². The minimum atomic E-state index is 0.749. The van der Waals surface area contributed by atoms with Gasteiger partial charge in [-0.2, -0.15) is 0 Å². The largest absolute Gasteiger partial charge is 0.371 e. The maximum Gasteiger partial charge on any atom is 0.165 e. The zero-order valence-electron chi connectivity index (χ0n) is 14.7. The van der Waals surface area contributed by atoms with E-state index in [1.807, 2.05) is 26.7 Å². The number of fused-ring (bicyclic) bond motifs is 2. The van der Waals surface area contributed by atoms with Gasteiger partial charge < -0.3 is 19.8 Å². The summed E-state index contributed by atoms with van der Waals surface area (Å²) >= 11 is 0. The molecule has 0 saturated heterocycles. The molecule has 10 nitrogen and oxygen atoms in total. The molecule has 4 aromatic heterocycles. The van der Waals surface area contributed by atoms with Crippen LogP contribution in [-0.4, -0.2) is 53.1 Å². The summed E-state index contributed by atoms with van der Waals surface area (Å²) in [6.45, 7) is 1.69. The second kappa shape index (κ2) is 6.90. The maximum atomic E-state index is 4.41. The number of hydrogen-bond acceptors (Lipinski definition) is 8. The van der Waals surface area contributed by atoms with E-state index >= 15 is 0 Å². The first-order valence-corrected chi connectivity index (χ1v) is 8.49. The fraction of sp³-hybridized carbons (Fsp3) is 0.375. The molecule has 10 heteroatoms. The van der Waals surface area contributed by atoms with Crippen molar-refractivity contribution in [3.8, 4) is 0 Å². The second-order valence-corrected chi connectivity index (χ2v) is 5.87. The van der Waals surface area contributed by atoms with Crippen LogP contribution in [0.15, 0.2) is 25.3 Å². The van der Waals surface area contributed by atoms with Gasteiger partial charge in [-0.25, -0.2) is 29.9 Å². The summed E-state index contributed by atoms with van der Waals surface area (Å²) in [5.41, 5.74) is 3.30. The molecule has 0 amide bonds. The van der Waals surface area contributed by atoms with Crippen LogP contribution >= 0.6 is 0 Å². The molecule has 0 aliphatic heterocycles. The van der Waals surface area contributed by atoms with Gasteiger partial charge in [0.1, 0.15) is 23.7 Å². The van der Waals surface area contributed by atoms with E-state index < -0.39 is 0 Å². The van der Waals surface area contributed by atoms with Crippen LogP contribution in [0.5, 0.6) is 0 Å². The fourth-order valence-electron chi connectivity index (χ4n) is 3.02. The van der Waals surface area contributed by atoms with Crippen LogP contribution in [0.1, 0.15) is 12.8 Å². The van der Waals surface area contributed by atoms with Crippen LogP contribution < -0.4 is 10.6 Å². The zero-order valence-corrected chi connectivity index (χ0v) is 14.7. The van der Waals surface area contributed by atoms with Crippen molar-refractivity contribution in [2.24, 2.45) is 0 Å². The number of aryl methyl sites for hydroxylation is 2. The number of anilines is 2. The Labute approximate surface area is 149 Å². The SMILES string of the molecule is CNc1ncnc2c1ncn2CCCCn1cnc2c(NC)ncnc21. The Morgan fingerprint density at radius 1 is 0.692 bits per heavy atom. The summed E-state index contributed by atoms with van der Waals surface area (Å²) in [7, 11) is 3.67. The molecular weight excluding hydrogens is 332 g/mol. The van der Waals surface area contributed by atoms with Crippen molar-refractivity contribution in [3.05, 3.63) is 25.3 Å². The van der Waals surface area contributed by atoms with E-state index in [4.69, 9.17) is 0 Å². The van der Waals surface area contributed by atoms with Gasteiger partial charge in [-0.3, -0.25) is 0 Å². The summed E-state index contributed by atoms with van der Waals surface area (Å²) in [6, 6.07) is 0. The zero-order chi connectivity index (χ0) is 17.9. The summed E-state index contributed by atoms with van der Waals surface area (Å²) in [5.74, 6) is 1.50. The van der Waals surface area contributed by atoms with Gasteiger partial charge in [0.15, 0.2) is 22.9 Å². The summed E-state index contributed by atoms with van der Waals surface area (Å²) in [5, 5.41) is 6.08. The van der Waals surface area contributed by atoms with E-state index in [1.165, 1.54) is 0 Å². The Hall–Kier alpha value is -3.30. The molecule has 0 aromatic carbocycles. The first kappa shape index (κ1) is 16.2. The lowest BCUT2D eigenvalue weighted by Gasteiger charge is -2.06. The third-order valence-electron chi connectivity index (χ3n) is 4.32. The van der Waals surface area contributed by atoms with Gasteiger partial charge >= 0.3 is 0 Å². The molecule has 0 fully saturated rings. The van der Waals surface area contributed by atoms with Crippen molar-refractivity contribution in [2.45, 2.75) is 25.9 Å². The number of imidazole rings is 2. The van der Waals surface area contributed by atoms with Crippen LogP contribution in [-0.2, 0) is 13.1 Å². The van der Waals surface area contributed by atoms with E-state index in [0.29, 0.717) is 0 Å². The quantitative estimate of drug-likeness (QED) is 0.482. The molecule has 0 aliphatic carbocycles. The highest BCUT2D eigenvalue weighted by Gasteiger charge is 2.10. The Morgan fingerprint density at radius 3 is 1.58 bits per heavy atom. The van der Waals surface area contributed by atoms with Gasteiger partial charge in [-0.05, 0) is 12.8 Å². The van der Waals surface area contributed by atoms with E-state index in [1.54, 1.807) is 12.7 Å². The van der Waals surface area contributed by atoms with E-state index in [-0.39, 0.29) is 0 Å². The van der Waals surface area contributed by atoms with Gasteiger partial charge in [-0.15, -0.1) is 0 Å². The molecular formula is C16H20N10. The topological polar surface area (TPSA) is 111 Å². The Balaban J connectivity index is 1.42.